The summed E-state index contributed by atoms with van der Waals surface area (Å²) in [5.41, 5.74) is 1.26. The number of rotatable bonds is 3. The molecule has 0 amide bonds. The Morgan fingerprint density at radius 3 is 2.73 bits per heavy atom. The Hall–Kier alpha value is -0.670. The monoisotopic (exact) mass is 210 g/mol. The molecule has 1 atom stereocenters. The minimum atomic E-state index is -0.0433. The molecule has 0 N–H and O–H groups in total. The molecule has 0 saturated carbocycles. The molecule has 3 nitrogen and oxygen atoms in total. The van der Waals surface area contributed by atoms with Crippen LogP contribution in [0.4, 0.5) is 0 Å². The molecule has 0 bridgehead atoms. The maximum absolute atomic E-state index is 11.3. The number of ketones is 1. The molecule has 15 heavy (non-hydrogen) atoms. The van der Waals surface area contributed by atoms with E-state index in [-0.39, 0.29) is 12.1 Å². The number of allylic oxidation sites excluding steroid dienone is 2. The molecule has 2 rings (SSSR count). The highest BCUT2D eigenvalue weighted by Crippen LogP contribution is 2.26. The summed E-state index contributed by atoms with van der Waals surface area (Å²) in [6, 6.07) is 0. The summed E-state index contributed by atoms with van der Waals surface area (Å²) in [4.78, 5) is 11.3. The first kappa shape index (κ1) is 10.8. The molecule has 1 fully saturated rings. The first-order valence-corrected chi connectivity index (χ1v) is 5.69. The van der Waals surface area contributed by atoms with Crippen molar-refractivity contribution >= 4 is 5.78 Å². The van der Waals surface area contributed by atoms with Crippen molar-refractivity contribution in [2.45, 2.75) is 38.9 Å². The Morgan fingerprint density at radius 2 is 2.07 bits per heavy atom. The first-order valence-electron chi connectivity index (χ1n) is 5.69. The molecule has 1 aliphatic carbocycles. The van der Waals surface area contributed by atoms with Gasteiger partial charge in [0.2, 0.25) is 0 Å². The van der Waals surface area contributed by atoms with Gasteiger partial charge >= 0.3 is 0 Å². The van der Waals surface area contributed by atoms with Crippen molar-refractivity contribution in [3.63, 3.8) is 0 Å². The van der Waals surface area contributed by atoms with Gasteiger partial charge in [0.15, 0.2) is 12.1 Å². The van der Waals surface area contributed by atoms with Crippen molar-refractivity contribution in [2.24, 2.45) is 5.92 Å². The number of carbonyl (C=O) groups is 1. The predicted octanol–water partition coefficient (Wildman–Crippen LogP) is 2.06. The van der Waals surface area contributed by atoms with Gasteiger partial charge in [-0.25, -0.2) is 0 Å². The minimum absolute atomic E-state index is 0.0433. The van der Waals surface area contributed by atoms with Crippen LogP contribution in [-0.2, 0) is 14.3 Å². The number of hydrogen-bond donors (Lipinski definition) is 0. The first-order chi connectivity index (χ1) is 7.24. The van der Waals surface area contributed by atoms with Crippen molar-refractivity contribution in [1.82, 2.24) is 0 Å². The Labute approximate surface area is 90.4 Å². The standard InChI is InChI=1S/C12H18O3/c1-9-6-10(8-11(13)7-9)2-3-12-14-4-5-15-12/h8-9,12H,2-7H2,1H3/t9-/m0/s1. The number of carbonyl (C=O) groups excluding carboxylic acids is 1. The Bertz CT molecular complexity index is 264. The van der Waals surface area contributed by atoms with Crippen LogP contribution >= 0.6 is 0 Å². The summed E-state index contributed by atoms with van der Waals surface area (Å²) < 4.78 is 10.7. The second-order valence-electron chi connectivity index (χ2n) is 4.49. The quantitative estimate of drug-likeness (QED) is 0.715. The largest absolute Gasteiger partial charge is 0.350 e. The van der Waals surface area contributed by atoms with E-state index in [2.05, 4.69) is 6.92 Å². The minimum Gasteiger partial charge on any atom is -0.350 e. The van der Waals surface area contributed by atoms with Crippen LogP contribution in [0.1, 0.15) is 32.6 Å². The van der Waals surface area contributed by atoms with Crippen molar-refractivity contribution < 1.29 is 14.3 Å². The molecular formula is C12H18O3. The van der Waals surface area contributed by atoms with Gasteiger partial charge in [-0.3, -0.25) is 4.79 Å². The lowest BCUT2D eigenvalue weighted by atomic mass is 9.87. The van der Waals surface area contributed by atoms with Crippen LogP contribution in [0.2, 0.25) is 0 Å². The molecule has 0 spiro atoms. The fourth-order valence-electron chi connectivity index (χ4n) is 2.26. The predicted molar refractivity (Wildman–Crippen MR) is 56.4 cm³/mol. The Balaban J connectivity index is 1.80. The molecule has 1 aliphatic heterocycles. The maximum atomic E-state index is 11.3. The third-order valence-corrected chi connectivity index (χ3v) is 2.92. The van der Waals surface area contributed by atoms with Crippen LogP contribution in [0.25, 0.3) is 0 Å². The van der Waals surface area contributed by atoms with Gasteiger partial charge in [-0.2, -0.15) is 0 Å². The Kier molecular flexibility index (Phi) is 3.54. The van der Waals surface area contributed by atoms with E-state index in [1.807, 2.05) is 6.08 Å². The molecule has 0 radical (unpaired) electrons. The third kappa shape index (κ3) is 3.14. The van der Waals surface area contributed by atoms with Gasteiger partial charge in [0.1, 0.15) is 0 Å². The van der Waals surface area contributed by atoms with Gasteiger partial charge in [0.05, 0.1) is 13.2 Å². The van der Waals surface area contributed by atoms with E-state index in [0.29, 0.717) is 25.6 Å². The van der Waals surface area contributed by atoms with Crippen LogP contribution in [-0.4, -0.2) is 25.3 Å². The zero-order chi connectivity index (χ0) is 10.7. The summed E-state index contributed by atoms with van der Waals surface area (Å²) in [5.74, 6) is 0.778. The molecule has 3 heteroatoms. The summed E-state index contributed by atoms with van der Waals surface area (Å²) >= 11 is 0. The molecule has 0 unspecified atom stereocenters. The van der Waals surface area contributed by atoms with E-state index >= 15 is 0 Å². The van der Waals surface area contributed by atoms with Gasteiger partial charge in [0.25, 0.3) is 0 Å². The van der Waals surface area contributed by atoms with Crippen LogP contribution in [0.5, 0.6) is 0 Å². The van der Waals surface area contributed by atoms with Crippen molar-refractivity contribution in [3.05, 3.63) is 11.6 Å². The third-order valence-electron chi connectivity index (χ3n) is 2.92. The highest BCUT2D eigenvalue weighted by molar-refractivity contribution is 5.91. The molecule has 0 aromatic rings. The fraction of sp³-hybridized carbons (Fsp3) is 0.750. The van der Waals surface area contributed by atoms with E-state index in [1.54, 1.807) is 0 Å². The second-order valence-corrected chi connectivity index (χ2v) is 4.49. The van der Waals surface area contributed by atoms with Gasteiger partial charge in [0, 0.05) is 12.8 Å². The highest BCUT2D eigenvalue weighted by Gasteiger charge is 2.20. The molecule has 84 valence electrons. The zero-order valence-electron chi connectivity index (χ0n) is 9.20. The van der Waals surface area contributed by atoms with E-state index in [9.17, 15) is 4.79 Å². The lowest BCUT2D eigenvalue weighted by Gasteiger charge is -2.19. The SMILES string of the molecule is C[C@@H]1CC(=O)C=C(CCC2OCCO2)C1. The highest BCUT2D eigenvalue weighted by atomic mass is 16.7. The molecule has 2 aliphatic rings. The molecule has 1 heterocycles. The van der Waals surface area contributed by atoms with E-state index in [0.717, 1.165) is 19.3 Å². The lowest BCUT2D eigenvalue weighted by molar-refractivity contribution is -0.115. The molecule has 0 aromatic carbocycles. The lowest BCUT2D eigenvalue weighted by Crippen LogP contribution is -2.13. The van der Waals surface area contributed by atoms with Gasteiger partial charge in [-0.05, 0) is 24.8 Å². The fourth-order valence-corrected chi connectivity index (χ4v) is 2.26. The molecule has 1 saturated heterocycles. The summed E-state index contributed by atoms with van der Waals surface area (Å²) in [7, 11) is 0. The summed E-state index contributed by atoms with van der Waals surface area (Å²) in [6.07, 6.45) is 5.35. The van der Waals surface area contributed by atoms with Crippen LogP contribution in [0.15, 0.2) is 11.6 Å². The molecule has 0 aromatic heterocycles. The smallest absolute Gasteiger partial charge is 0.158 e. The normalized spacial score (nSPS) is 28.2. The van der Waals surface area contributed by atoms with Gasteiger partial charge in [-0.1, -0.05) is 12.5 Å². The van der Waals surface area contributed by atoms with Crippen LogP contribution in [0.3, 0.4) is 0 Å². The maximum Gasteiger partial charge on any atom is 0.158 e. The van der Waals surface area contributed by atoms with E-state index in [1.165, 1.54) is 5.57 Å². The zero-order valence-corrected chi connectivity index (χ0v) is 9.20. The van der Waals surface area contributed by atoms with Crippen LogP contribution in [0, 0.1) is 5.92 Å². The van der Waals surface area contributed by atoms with E-state index in [4.69, 9.17) is 9.47 Å². The van der Waals surface area contributed by atoms with E-state index < -0.39 is 0 Å². The summed E-state index contributed by atoms with van der Waals surface area (Å²) in [6.45, 7) is 3.55. The van der Waals surface area contributed by atoms with Gasteiger partial charge < -0.3 is 9.47 Å². The topological polar surface area (TPSA) is 35.5 Å². The van der Waals surface area contributed by atoms with Crippen LogP contribution < -0.4 is 0 Å². The molecular weight excluding hydrogens is 192 g/mol. The summed E-state index contributed by atoms with van der Waals surface area (Å²) in [5, 5.41) is 0. The van der Waals surface area contributed by atoms with Crippen molar-refractivity contribution in [3.8, 4) is 0 Å². The average molecular weight is 210 g/mol. The number of hydrogen-bond acceptors (Lipinski definition) is 3. The van der Waals surface area contributed by atoms with Gasteiger partial charge in [-0.15, -0.1) is 0 Å². The average Bonchev–Trinajstić information content (AvgIpc) is 2.65. The second kappa shape index (κ2) is 4.90. The van der Waals surface area contributed by atoms with Crippen molar-refractivity contribution in [1.29, 1.82) is 0 Å². The number of ether oxygens (including phenoxy) is 2. The Morgan fingerprint density at radius 1 is 1.33 bits per heavy atom. The van der Waals surface area contributed by atoms with Crippen molar-refractivity contribution in [2.75, 3.05) is 13.2 Å².